The number of nitrogens with zero attached hydrogens (tertiary/aromatic N) is 2. The summed E-state index contributed by atoms with van der Waals surface area (Å²) in [6.45, 7) is 0. The Balaban J connectivity index is 1.48. The van der Waals surface area contributed by atoms with Gasteiger partial charge < -0.3 is 0 Å². The summed E-state index contributed by atoms with van der Waals surface area (Å²) in [4.78, 5) is 49.9. The first-order valence-corrected chi connectivity index (χ1v) is 13.1. The lowest BCUT2D eigenvalue weighted by Crippen LogP contribution is -2.12. The minimum absolute atomic E-state index is 0.0426. The predicted octanol–water partition coefficient (Wildman–Crippen LogP) is 7.90. The summed E-state index contributed by atoms with van der Waals surface area (Å²) in [6, 6.07) is 27.4. The molecule has 0 spiro atoms. The van der Waals surface area contributed by atoms with E-state index in [1.165, 1.54) is 18.2 Å². The van der Waals surface area contributed by atoms with Gasteiger partial charge in [-0.15, -0.1) is 0 Å². The molecule has 0 bridgehead atoms. The zero-order valence-corrected chi connectivity index (χ0v) is 21.6. The first-order chi connectivity index (χ1) is 20.3. The molecule has 2 aliphatic carbocycles. The van der Waals surface area contributed by atoms with Gasteiger partial charge in [0.15, 0.2) is 5.78 Å². The molecular formula is C34H16N2O6. The molecule has 0 atom stereocenters. The maximum Gasteiger partial charge on any atom is 0.281 e. The minimum Gasteiger partial charge on any atom is -0.289 e. The van der Waals surface area contributed by atoms with Crippen molar-refractivity contribution in [2.75, 3.05) is 0 Å². The quantitative estimate of drug-likeness (QED) is 0.163. The van der Waals surface area contributed by atoms with Gasteiger partial charge >= 0.3 is 0 Å². The molecule has 6 aromatic carbocycles. The Morgan fingerprint density at radius 2 is 1.10 bits per heavy atom. The highest BCUT2D eigenvalue weighted by Crippen LogP contribution is 2.47. The Labute approximate surface area is 236 Å². The van der Waals surface area contributed by atoms with Crippen LogP contribution in [0.1, 0.15) is 31.8 Å². The summed E-state index contributed by atoms with van der Waals surface area (Å²) in [7, 11) is 0. The number of nitro benzene ring substituents is 2. The smallest absolute Gasteiger partial charge is 0.281 e. The molecule has 0 unspecified atom stereocenters. The molecule has 0 saturated carbocycles. The van der Waals surface area contributed by atoms with Crippen molar-refractivity contribution in [1.82, 2.24) is 0 Å². The molecule has 0 aliphatic heterocycles. The fourth-order valence-corrected chi connectivity index (χ4v) is 6.54. The van der Waals surface area contributed by atoms with Gasteiger partial charge in [0.05, 0.1) is 15.2 Å². The lowest BCUT2D eigenvalue weighted by molar-refractivity contribution is -0.385. The molecule has 42 heavy (non-hydrogen) atoms. The van der Waals surface area contributed by atoms with Crippen molar-refractivity contribution >= 4 is 44.5 Å². The van der Waals surface area contributed by atoms with Crippen LogP contribution in [0.4, 0.5) is 11.4 Å². The maximum absolute atomic E-state index is 13.5. The third kappa shape index (κ3) is 3.06. The van der Waals surface area contributed by atoms with E-state index >= 15 is 0 Å². The fourth-order valence-electron chi connectivity index (χ4n) is 6.54. The van der Waals surface area contributed by atoms with Gasteiger partial charge in [-0.05, 0) is 63.5 Å². The van der Waals surface area contributed by atoms with Crippen LogP contribution < -0.4 is 0 Å². The van der Waals surface area contributed by atoms with Crippen LogP contribution in [0.15, 0.2) is 97.1 Å². The number of carbonyl (C=O) groups excluding carboxylic acids is 2. The minimum atomic E-state index is -0.546. The highest BCUT2D eigenvalue weighted by Gasteiger charge is 2.33. The molecule has 0 N–H and O–H groups in total. The highest BCUT2D eigenvalue weighted by molar-refractivity contribution is 6.29. The Hall–Kier alpha value is -6.02. The molecular weight excluding hydrogens is 532 g/mol. The van der Waals surface area contributed by atoms with Gasteiger partial charge in [0, 0.05) is 45.2 Å². The van der Waals surface area contributed by atoms with E-state index in [4.69, 9.17) is 0 Å². The second-order valence-corrected chi connectivity index (χ2v) is 10.4. The van der Waals surface area contributed by atoms with Gasteiger partial charge in [0.2, 0.25) is 5.78 Å². The first kappa shape index (κ1) is 23.8. The van der Waals surface area contributed by atoms with Crippen LogP contribution in [-0.4, -0.2) is 21.4 Å². The van der Waals surface area contributed by atoms with Crippen LogP contribution in [0.2, 0.25) is 0 Å². The van der Waals surface area contributed by atoms with Gasteiger partial charge in [-0.2, -0.15) is 0 Å². The van der Waals surface area contributed by atoms with E-state index in [1.54, 1.807) is 42.5 Å². The first-order valence-electron chi connectivity index (χ1n) is 13.1. The van der Waals surface area contributed by atoms with Gasteiger partial charge in [-0.25, -0.2) is 0 Å². The standard InChI is InChI=1S/C34H16N2O6/c37-33-22-7-2-1-6-20(22)25-15-19(16-27-28(35(39)40)12-11-24(33)31(25)27)18-13-17-5-3-9-23-30(17)26(14-18)21-8-4-10-29(36(41)42)32(21)34(23)38/h1-16H. The molecule has 8 rings (SSSR count). The molecule has 0 aromatic heterocycles. The zero-order valence-electron chi connectivity index (χ0n) is 21.6. The van der Waals surface area contributed by atoms with E-state index in [2.05, 4.69) is 0 Å². The summed E-state index contributed by atoms with van der Waals surface area (Å²) in [5.41, 5.74) is 4.92. The Morgan fingerprint density at radius 1 is 0.476 bits per heavy atom. The van der Waals surface area contributed by atoms with Gasteiger partial charge in [-0.3, -0.25) is 29.8 Å². The second-order valence-electron chi connectivity index (χ2n) is 10.4. The van der Waals surface area contributed by atoms with Crippen LogP contribution in [0, 0.1) is 20.2 Å². The largest absolute Gasteiger partial charge is 0.289 e. The normalized spacial score (nSPS) is 12.8. The third-order valence-corrected chi connectivity index (χ3v) is 8.31. The van der Waals surface area contributed by atoms with Crippen molar-refractivity contribution in [2.45, 2.75) is 0 Å². The molecule has 8 nitrogen and oxygen atoms in total. The van der Waals surface area contributed by atoms with Crippen LogP contribution in [0.5, 0.6) is 0 Å². The number of benzene rings is 6. The average Bonchev–Trinajstić information content (AvgIpc) is 3.01. The lowest BCUT2D eigenvalue weighted by Gasteiger charge is -2.23. The summed E-state index contributed by atoms with van der Waals surface area (Å²) >= 11 is 0. The number of hydrogen-bond donors (Lipinski definition) is 0. The Bertz CT molecular complexity index is 2300. The Kier molecular flexibility index (Phi) is 4.68. The number of hydrogen-bond acceptors (Lipinski definition) is 6. The van der Waals surface area contributed by atoms with Crippen molar-refractivity contribution in [1.29, 1.82) is 0 Å². The van der Waals surface area contributed by atoms with Crippen molar-refractivity contribution in [3.63, 3.8) is 0 Å². The van der Waals surface area contributed by atoms with Crippen molar-refractivity contribution in [2.24, 2.45) is 0 Å². The van der Waals surface area contributed by atoms with Crippen LogP contribution in [0.25, 0.3) is 54.9 Å². The van der Waals surface area contributed by atoms with Crippen molar-refractivity contribution < 1.29 is 19.4 Å². The maximum atomic E-state index is 13.5. The highest BCUT2D eigenvalue weighted by atomic mass is 16.6. The number of rotatable bonds is 3. The molecule has 198 valence electrons. The number of fused-ring (bicyclic) bond motifs is 4. The van der Waals surface area contributed by atoms with Crippen LogP contribution >= 0.6 is 0 Å². The monoisotopic (exact) mass is 548 g/mol. The molecule has 0 saturated heterocycles. The zero-order chi connectivity index (χ0) is 28.9. The summed E-state index contributed by atoms with van der Waals surface area (Å²) in [5.74, 6) is -0.584. The second kappa shape index (κ2) is 8.25. The third-order valence-electron chi connectivity index (χ3n) is 8.31. The van der Waals surface area contributed by atoms with E-state index in [1.807, 2.05) is 36.4 Å². The lowest BCUT2D eigenvalue weighted by atomic mass is 9.79. The molecule has 0 radical (unpaired) electrons. The molecule has 0 amide bonds. The number of ketones is 2. The fraction of sp³-hybridized carbons (Fsp3) is 0. The summed E-state index contributed by atoms with van der Waals surface area (Å²) < 4.78 is 0. The summed E-state index contributed by atoms with van der Waals surface area (Å²) in [5, 5.41) is 26.3. The molecule has 0 fully saturated rings. The van der Waals surface area contributed by atoms with Crippen LogP contribution in [-0.2, 0) is 0 Å². The molecule has 2 aliphatic rings. The SMILES string of the molecule is O=C1c2c(cccc2[N+](=O)[O-])-c2cc(-c3cc4c5c(ccc([N+](=O)[O-])c5c3)C(=O)c3ccccc3-4)cc3cccc1c23. The predicted molar refractivity (Wildman–Crippen MR) is 158 cm³/mol. The molecule has 0 heterocycles. The number of nitro groups is 2. The van der Waals surface area contributed by atoms with Gasteiger partial charge in [0.1, 0.15) is 5.56 Å². The molecule has 8 heteroatoms. The molecule has 6 aromatic rings. The van der Waals surface area contributed by atoms with Crippen molar-refractivity contribution in [3.05, 3.63) is 140 Å². The number of non-ortho nitro benzene ring substituents is 1. The van der Waals surface area contributed by atoms with E-state index in [0.717, 1.165) is 5.39 Å². The van der Waals surface area contributed by atoms with Crippen molar-refractivity contribution in [3.8, 4) is 33.4 Å². The topological polar surface area (TPSA) is 120 Å². The average molecular weight is 549 g/mol. The van der Waals surface area contributed by atoms with Gasteiger partial charge in [-0.1, -0.05) is 54.6 Å². The van der Waals surface area contributed by atoms with Gasteiger partial charge in [0.25, 0.3) is 11.4 Å². The van der Waals surface area contributed by atoms with E-state index in [9.17, 15) is 29.8 Å². The van der Waals surface area contributed by atoms with E-state index in [-0.39, 0.29) is 22.7 Å². The number of carbonyl (C=O) groups is 2. The summed E-state index contributed by atoms with van der Waals surface area (Å²) in [6.07, 6.45) is 0. The Morgan fingerprint density at radius 3 is 1.86 bits per heavy atom. The van der Waals surface area contributed by atoms with E-state index < -0.39 is 15.6 Å². The van der Waals surface area contributed by atoms with E-state index in [0.29, 0.717) is 66.2 Å². The van der Waals surface area contributed by atoms with Crippen LogP contribution in [0.3, 0.4) is 0 Å².